The molecule has 0 rings (SSSR count). The van der Waals surface area contributed by atoms with Gasteiger partial charge in [0.05, 0.1) is 6.10 Å². The highest BCUT2D eigenvalue weighted by Gasteiger charge is 2.10. The Morgan fingerprint density at radius 2 is 2.06 bits per heavy atom. The number of aliphatic hydroxyl groups excluding tert-OH is 1. The van der Waals surface area contributed by atoms with Gasteiger partial charge in [-0.1, -0.05) is 19.8 Å². The van der Waals surface area contributed by atoms with Gasteiger partial charge >= 0.3 is 0 Å². The predicted octanol–water partition coefficient (Wildman–Crippen LogP) is 1.03. The average Bonchev–Trinajstić information content (AvgIpc) is 2.23. The van der Waals surface area contributed by atoms with E-state index in [9.17, 15) is 4.79 Å². The molecule has 0 aliphatic carbocycles. The van der Waals surface area contributed by atoms with E-state index in [1.54, 1.807) is 6.92 Å². The van der Waals surface area contributed by atoms with E-state index < -0.39 is 6.10 Å². The minimum atomic E-state index is -0.473. The molecule has 1 amide bonds. The van der Waals surface area contributed by atoms with E-state index in [1.165, 1.54) is 0 Å². The number of amides is 1. The maximum atomic E-state index is 11.4. The number of carbonyl (C=O) groups excluding carboxylic acids is 1. The molecule has 0 heterocycles. The number of aliphatic hydroxyl groups is 1. The number of nitrogens with one attached hydrogen (secondary N) is 1. The molecule has 0 aliphatic heterocycles. The van der Waals surface area contributed by atoms with Gasteiger partial charge in [0.1, 0.15) is 0 Å². The fourth-order valence-electron chi connectivity index (χ4n) is 1.76. The molecule has 0 fully saturated rings. The summed E-state index contributed by atoms with van der Waals surface area (Å²) in [5, 5.41) is 11.7. The molecule has 0 spiro atoms. The molecule has 96 valence electrons. The van der Waals surface area contributed by atoms with E-state index in [0.29, 0.717) is 25.4 Å². The molecular formula is C12H26N2O2. The molecule has 0 aromatic rings. The Labute approximate surface area is 98.6 Å². The molecule has 4 N–H and O–H groups in total. The van der Waals surface area contributed by atoms with E-state index in [0.717, 1.165) is 25.7 Å². The summed E-state index contributed by atoms with van der Waals surface area (Å²) in [6, 6.07) is 0. The third kappa shape index (κ3) is 8.68. The molecular weight excluding hydrogens is 204 g/mol. The first-order valence-corrected chi connectivity index (χ1v) is 6.25. The van der Waals surface area contributed by atoms with Crippen LogP contribution in [0.4, 0.5) is 0 Å². The fourth-order valence-corrected chi connectivity index (χ4v) is 1.76. The molecule has 4 nitrogen and oxygen atoms in total. The molecule has 0 aromatic heterocycles. The smallest absolute Gasteiger partial charge is 0.220 e. The Hall–Kier alpha value is -0.610. The van der Waals surface area contributed by atoms with Crippen LogP contribution in [0, 0.1) is 5.92 Å². The number of rotatable bonds is 9. The van der Waals surface area contributed by atoms with Crippen molar-refractivity contribution >= 4 is 5.91 Å². The number of hydrogen-bond acceptors (Lipinski definition) is 3. The van der Waals surface area contributed by atoms with Gasteiger partial charge in [0.15, 0.2) is 0 Å². The van der Waals surface area contributed by atoms with Crippen molar-refractivity contribution in [1.82, 2.24) is 5.32 Å². The Morgan fingerprint density at radius 3 is 2.56 bits per heavy atom. The highest BCUT2D eigenvalue weighted by Crippen LogP contribution is 2.16. The van der Waals surface area contributed by atoms with Crippen LogP contribution in [0.25, 0.3) is 0 Å². The second-order valence-electron chi connectivity index (χ2n) is 4.42. The Balaban J connectivity index is 3.68. The third-order valence-corrected chi connectivity index (χ3v) is 2.65. The second kappa shape index (κ2) is 9.60. The first kappa shape index (κ1) is 15.4. The first-order valence-electron chi connectivity index (χ1n) is 6.25. The van der Waals surface area contributed by atoms with Crippen molar-refractivity contribution in [1.29, 1.82) is 0 Å². The van der Waals surface area contributed by atoms with Gasteiger partial charge in [0.2, 0.25) is 5.91 Å². The topological polar surface area (TPSA) is 75.4 Å². The van der Waals surface area contributed by atoms with E-state index >= 15 is 0 Å². The van der Waals surface area contributed by atoms with Gasteiger partial charge in [-0.2, -0.15) is 0 Å². The number of hydrogen-bond donors (Lipinski definition) is 3. The molecule has 0 aromatic carbocycles. The molecule has 0 saturated carbocycles. The Morgan fingerprint density at radius 1 is 1.38 bits per heavy atom. The average molecular weight is 230 g/mol. The van der Waals surface area contributed by atoms with Gasteiger partial charge in [-0.3, -0.25) is 4.79 Å². The van der Waals surface area contributed by atoms with Gasteiger partial charge < -0.3 is 16.2 Å². The summed E-state index contributed by atoms with van der Waals surface area (Å²) in [5.41, 5.74) is 5.53. The van der Waals surface area contributed by atoms with Crippen molar-refractivity contribution in [3.8, 4) is 0 Å². The van der Waals surface area contributed by atoms with E-state index in [4.69, 9.17) is 10.8 Å². The maximum absolute atomic E-state index is 11.4. The normalized spacial score (nSPS) is 14.5. The van der Waals surface area contributed by atoms with Crippen LogP contribution < -0.4 is 11.1 Å². The van der Waals surface area contributed by atoms with Crippen LogP contribution in [0.15, 0.2) is 0 Å². The molecule has 4 heteroatoms. The van der Waals surface area contributed by atoms with Crippen molar-refractivity contribution in [2.45, 2.75) is 52.1 Å². The van der Waals surface area contributed by atoms with E-state index in [1.807, 2.05) is 0 Å². The van der Waals surface area contributed by atoms with Crippen LogP contribution in [-0.2, 0) is 4.79 Å². The summed E-state index contributed by atoms with van der Waals surface area (Å²) in [6.07, 6.45) is 4.24. The van der Waals surface area contributed by atoms with Crippen molar-refractivity contribution in [3.63, 3.8) is 0 Å². The minimum absolute atomic E-state index is 0.0269. The summed E-state index contributed by atoms with van der Waals surface area (Å²) < 4.78 is 0. The zero-order valence-corrected chi connectivity index (χ0v) is 10.5. The molecule has 0 aliphatic rings. The molecule has 1 unspecified atom stereocenters. The lowest BCUT2D eigenvalue weighted by Crippen LogP contribution is -2.30. The summed E-state index contributed by atoms with van der Waals surface area (Å²) in [4.78, 5) is 11.4. The van der Waals surface area contributed by atoms with Crippen molar-refractivity contribution < 1.29 is 9.90 Å². The minimum Gasteiger partial charge on any atom is -0.392 e. The fraction of sp³-hybridized carbons (Fsp3) is 0.917. The zero-order chi connectivity index (χ0) is 12.4. The van der Waals surface area contributed by atoms with Crippen molar-refractivity contribution in [3.05, 3.63) is 0 Å². The molecule has 0 bridgehead atoms. The Kier molecular flexibility index (Phi) is 9.24. The summed E-state index contributed by atoms with van der Waals surface area (Å²) in [7, 11) is 0. The molecule has 0 radical (unpaired) electrons. The summed E-state index contributed by atoms with van der Waals surface area (Å²) in [5.74, 6) is 0.589. The monoisotopic (exact) mass is 230 g/mol. The lowest BCUT2D eigenvalue weighted by molar-refractivity contribution is -0.121. The van der Waals surface area contributed by atoms with Crippen LogP contribution in [0.3, 0.4) is 0 Å². The highest BCUT2D eigenvalue weighted by molar-refractivity contribution is 5.75. The first-order chi connectivity index (χ1) is 7.60. The van der Waals surface area contributed by atoms with Gasteiger partial charge in [-0.25, -0.2) is 0 Å². The van der Waals surface area contributed by atoms with E-state index in [-0.39, 0.29) is 5.91 Å². The number of nitrogens with two attached hydrogens (primary N) is 1. The lowest BCUT2D eigenvalue weighted by Gasteiger charge is -2.14. The van der Waals surface area contributed by atoms with Crippen molar-refractivity contribution in [2.24, 2.45) is 11.7 Å². The zero-order valence-electron chi connectivity index (χ0n) is 10.5. The SMILES string of the molecule is CCCC(CCN)CCC(=O)NC[C@@H](C)O. The van der Waals surface area contributed by atoms with Crippen LogP contribution in [-0.4, -0.2) is 30.2 Å². The second-order valence-corrected chi connectivity index (χ2v) is 4.42. The summed E-state index contributed by atoms with van der Waals surface area (Å²) >= 11 is 0. The van der Waals surface area contributed by atoms with Gasteiger partial charge in [0.25, 0.3) is 0 Å². The van der Waals surface area contributed by atoms with Crippen LogP contribution in [0.5, 0.6) is 0 Å². The van der Waals surface area contributed by atoms with Crippen molar-refractivity contribution in [2.75, 3.05) is 13.1 Å². The highest BCUT2D eigenvalue weighted by atomic mass is 16.3. The quantitative estimate of drug-likeness (QED) is 0.554. The van der Waals surface area contributed by atoms with Gasteiger partial charge in [-0.05, 0) is 32.2 Å². The maximum Gasteiger partial charge on any atom is 0.220 e. The van der Waals surface area contributed by atoms with Gasteiger partial charge in [-0.15, -0.1) is 0 Å². The summed E-state index contributed by atoms with van der Waals surface area (Å²) in [6.45, 7) is 4.85. The standard InChI is InChI=1S/C12H26N2O2/c1-3-4-11(7-8-13)5-6-12(16)14-9-10(2)15/h10-11,15H,3-9,13H2,1-2H3,(H,14,16)/t10-,11?/m1/s1. The molecule has 16 heavy (non-hydrogen) atoms. The van der Waals surface area contributed by atoms with Crippen LogP contribution >= 0.6 is 0 Å². The molecule has 0 saturated heterocycles. The van der Waals surface area contributed by atoms with E-state index in [2.05, 4.69) is 12.2 Å². The number of carbonyl (C=O) groups is 1. The van der Waals surface area contributed by atoms with Crippen LogP contribution in [0.2, 0.25) is 0 Å². The lowest BCUT2D eigenvalue weighted by atomic mass is 9.94. The van der Waals surface area contributed by atoms with Gasteiger partial charge in [0, 0.05) is 13.0 Å². The third-order valence-electron chi connectivity index (χ3n) is 2.65. The largest absolute Gasteiger partial charge is 0.392 e. The Bertz CT molecular complexity index is 178. The molecule has 2 atom stereocenters. The predicted molar refractivity (Wildman–Crippen MR) is 66.0 cm³/mol. The van der Waals surface area contributed by atoms with Crippen LogP contribution in [0.1, 0.15) is 46.0 Å².